The summed E-state index contributed by atoms with van der Waals surface area (Å²) in [6.45, 7) is 0.636. The standard InChI is InChI=1S/C8H7IN4OS/c9-6-7(12-3-13-8(6)14)11-2-5-1-10-4-15-5/h1,3-4H,2H2,(H2,11,12,13,14). The fraction of sp³-hybridized carbons (Fsp3) is 0.125. The van der Waals surface area contributed by atoms with Gasteiger partial charge in [-0.25, -0.2) is 4.98 Å². The Kier molecular flexibility index (Phi) is 3.31. The topological polar surface area (TPSA) is 70.7 Å². The first kappa shape index (κ1) is 10.6. The maximum absolute atomic E-state index is 11.2. The maximum Gasteiger partial charge on any atom is 0.266 e. The fourth-order valence-corrected chi connectivity index (χ4v) is 2.03. The lowest BCUT2D eigenvalue weighted by molar-refractivity contribution is 1.05. The number of H-pyrrole nitrogens is 1. The summed E-state index contributed by atoms with van der Waals surface area (Å²) in [7, 11) is 0. The number of thiazole rings is 1. The van der Waals surface area contributed by atoms with E-state index in [-0.39, 0.29) is 5.56 Å². The molecule has 7 heteroatoms. The van der Waals surface area contributed by atoms with E-state index < -0.39 is 0 Å². The van der Waals surface area contributed by atoms with Gasteiger partial charge in [0, 0.05) is 11.1 Å². The van der Waals surface area contributed by atoms with Gasteiger partial charge in [0.15, 0.2) is 0 Å². The first-order valence-corrected chi connectivity index (χ1v) is 6.07. The van der Waals surface area contributed by atoms with Gasteiger partial charge in [-0.2, -0.15) is 0 Å². The number of hydrogen-bond acceptors (Lipinski definition) is 5. The Morgan fingerprint density at radius 3 is 3.20 bits per heavy atom. The third-order valence-corrected chi connectivity index (χ3v) is 3.49. The lowest BCUT2D eigenvalue weighted by Gasteiger charge is -2.03. The Morgan fingerprint density at radius 2 is 2.47 bits per heavy atom. The van der Waals surface area contributed by atoms with Gasteiger partial charge >= 0.3 is 0 Å². The predicted octanol–water partition coefficient (Wildman–Crippen LogP) is 1.44. The molecule has 2 heterocycles. The molecule has 2 N–H and O–H groups in total. The molecule has 0 aliphatic heterocycles. The van der Waals surface area contributed by atoms with Crippen molar-refractivity contribution < 1.29 is 0 Å². The molecule has 0 radical (unpaired) electrons. The van der Waals surface area contributed by atoms with Gasteiger partial charge in [-0.3, -0.25) is 9.78 Å². The Bertz CT molecular complexity index is 496. The van der Waals surface area contributed by atoms with Crippen LogP contribution < -0.4 is 10.9 Å². The van der Waals surface area contributed by atoms with Gasteiger partial charge in [-0.05, 0) is 22.6 Å². The molecular weight excluding hydrogens is 327 g/mol. The van der Waals surface area contributed by atoms with Gasteiger partial charge in [-0.1, -0.05) is 0 Å². The molecule has 15 heavy (non-hydrogen) atoms. The molecule has 0 saturated heterocycles. The second-order valence-electron chi connectivity index (χ2n) is 2.72. The number of halogens is 1. The number of nitrogens with one attached hydrogen (secondary N) is 2. The molecule has 2 aromatic rings. The number of aromatic amines is 1. The first-order chi connectivity index (χ1) is 7.27. The summed E-state index contributed by atoms with van der Waals surface area (Å²) in [6, 6.07) is 0. The Hall–Kier alpha value is -0.960. The van der Waals surface area contributed by atoms with Crippen molar-refractivity contribution in [3.8, 4) is 0 Å². The van der Waals surface area contributed by atoms with Gasteiger partial charge in [0.2, 0.25) is 0 Å². The normalized spacial score (nSPS) is 10.2. The van der Waals surface area contributed by atoms with E-state index >= 15 is 0 Å². The number of anilines is 1. The smallest absolute Gasteiger partial charge is 0.266 e. The summed E-state index contributed by atoms with van der Waals surface area (Å²) >= 11 is 3.53. The monoisotopic (exact) mass is 334 g/mol. The molecule has 0 fully saturated rings. The molecule has 0 saturated carbocycles. The fourth-order valence-electron chi connectivity index (χ4n) is 1.01. The Labute approximate surface area is 103 Å². The van der Waals surface area contributed by atoms with Crippen LogP contribution in [0.2, 0.25) is 0 Å². The average Bonchev–Trinajstić information content (AvgIpc) is 2.73. The minimum absolute atomic E-state index is 0.127. The van der Waals surface area contributed by atoms with Crippen LogP contribution in [0.1, 0.15) is 4.88 Å². The quantitative estimate of drug-likeness (QED) is 0.834. The molecule has 0 unspecified atom stereocenters. The zero-order valence-electron chi connectivity index (χ0n) is 7.53. The lowest BCUT2D eigenvalue weighted by Crippen LogP contribution is -2.14. The van der Waals surface area contributed by atoms with Crippen molar-refractivity contribution in [3.05, 3.63) is 36.8 Å². The van der Waals surface area contributed by atoms with Crippen molar-refractivity contribution >= 4 is 39.7 Å². The van der Waals surface area contributed by atoms with Gasteiger partial charge in [0.05, 0.1) is 18.4 Å². The van der Waals surface area contributed by atoms with Crippen molar-refractivity contribution in [2.75, 3.05) is 5.32 Å². The van der Waals surface area contributed by atoms with Crippen LogP contribution in [-0.4, -0.2) is 15.0 Å². The van der Waals surface area contributed by atoms with Crippen LogP contribution in [0.4, 0.5) is 5.82 Å². The van der Waals surface area contributed by atoms with Crippen LogP contribution in [-0.2, 0) is 6.54 Å². The summed E-state index contributed by atoms with van der Waals surface area (Å²) in [5, 5.41) is 3.09. The van der Waals surface area contributed by atoms with Crippen molar-refractivity contribution in [1.82, 2.24) is 15.0 Å². The molecule has 0 aliphatic carbocycles. The second-order valence-corrected chi connectivity index (χ2v) is 4.77. The van der Waals surface area contributed by atoms with Crippen molar-refractivity contribution in [2.45, 2.75) is 6.54 Å². The molecule has 2 rings (SSSR count). The van der Waals surface area contributed by atoms with E-state index in [9.17, 15) is 4.79 Å². The van der Waals surface area contributed by atoms with Gasteiger partial charge in [0.25, 0.3) is 5.56 Å². The lowest BCUT2D eigenvalue weighted by atomic mass is 10.5. The van der Waals surface area contributed by atoms with Gasteiger partial charge < -0.3 is 10.3 Å². The van der Waals surface area contributed by atoms with Gasteiger partial charge in [0.1, 0.15) is 9.39 Å². The molecular formula is C8H7IN4OS. The zero-order chi connectivity index (χ0) is 10.7. The number of hydrogen-bond donors (Lipinski definition) is 2. The SMILES string of the molecule is O=c1[nH]cnc(NCc2cncs2)c1I. The Morgan fingerprint density at radius 1 is 1.60 bits per heavy atom. The molecule has 2 aromatic heterocycles. The molecule has 0 atom stereocenters. The number of rotatable bonds is 3. The minimum Gasteiger partial charge on any atom is -0.364 e. The summed E-state index contributed by atoms with van der Waals surface area (Å²) in [4.78, 5) is 22.9. The average molecular weight is 334 g/mol. The van der Waals surface area contributed by atoms with Crippen LogP contribution in [0.25, 0.3) is 0 Å². The van der Waals surface area contributed by atoms with E-state index in [0.717, 1.165) is 4.88 Å². The number of aromatic nitrogens is 3. The third kappa shape index (κ3) is 2.53. The van der Waals surface area contributed by atoms with E-state index in [1.54, 1.807) is 23.0 Å². The highest BCUT2D eigenvalue weighted by Crippen LogP contribution is 2.12. The van der Waals surface area contributed by atoms with E-state index in [1.165, 1.54) is 6.33 Å². The molecule has 0 aromatic carbocycles. The second kappa shape index (κ2) is 4.71. The third-order valence-electron chi connectivity index (χ3n) is 1.71. The highest BCUT2D eigenvalue weighted by Gasteiger charge is 2.04. The molecule has 0 spiro atoms. The van der Waals surface area contributed by atoms with Crippen molar-refractivity contribution in [1.29, 1.82) is 0 Å². The van der Waals surface area contributed by atoms with Crippen LogP contribution in [0.15, 0.2) is 22.8 Å². The van der Waals surface area contributed by atoms with Crippen LogP contribution >= 0.6 is 33.9 Å². The van der Waals surface area contributed by atoms with Crippen molar-refractivity contribution in [3.63, 3.8) is 0 Å². The summed E-state index contributed by atoms with van der Waals surface area (Å²) < 4.78 is 0.569. The van der Waals surface area contributed by atoms with Crippen LogP contribution in [0.3, 0.4) is 0 Å². The van der Waals surface area contributed by atoms with E-state index in [2.05, 4.69) is 20.3 Å². The predicted molar refractivity (Wildman–Crippen MR) is 67.0 cm³/mol. The van der Waals surface area contributed by atoms with Crippen molar-refractivity contribution in [2.24, 2.45) is 0 Å². The first-order valence-electron chi connectivity index (χ1n) is 4.12. The molecule has 0 bridgehead atoms. The Balaban J connectivity index is 2.12. The maximum atomic E-state index is 11.2. The highest BCUT2D eigenvalue weighted by atomic mass is 127. The van der Waals surface area contributed by atoms with E-state index in [0.29, 0.717) is 15.9 Å². The molecule has 0 aliphatic rings. The van der Waals surface area contributed by atoms with E-state index in [1.807, 2.05) is 22.6 Å². The summed E-state index contributed by atoms with van der Waals surface area (Å²) in [6.07, 6.45) is 3.18. The zero-order valence-corrected chi connectivity index (χ0v) is 10.5. The highest BCUT2D eigenvalue weighted by molar-refractivity contribution is 14.1. The van der Waals surface area contributed by atoms with Crippen LogP contribution in [0.5, 0.6) is 0 Å². The van der Waals surface area contributed by atoms with E-state index in [4.69, 9.17) is 0 Å². The van der Waals surface area contributed by atoms with Crippen LogP contribution in [0, 0.1) is 3.57 Å². The largest absolute Gasteiger partial charge is 0.364 e. The molecule has 78 valence electrons. The molecule has 5 nitrogen and oxygen atoms in total. The summed E-state index contributed by atoms with van der Waals surface area (Å²) in [5.41, 5.74) is 1.64. The van der Waals surface area contributed by atoms with Gasteiger partial charge in [-0.15, -0.1) is 11.3 Å². The summed E-state index contributed by atoms with van der Waals surface area (Å²) in [5.74, 6) is 0.604. The number of nitrogens with zero attached hydrogens (tertiary/aromatic N) is 2. The molecule has 0 amide bonds. The minimum atomic E-state index is -0.127.